The van der Waals surface area contributed by atoms with E-state index < -0.39 is 0 Å². The van der Waals surface area contributed by atoms with Crippen molar-refractivity contribution in [1.82, 2.24) is 4.90 Å². The fraction of sp³-hybridized carbons (Fsp3) is 0.818. The zero-order valence-electron chi connectivity index (χ0n) is 9.89. The quantitative estimate of drug-likeness (QED) is 0.710. The van der Waals surface area contributed by atoms with Crippen LogP contribution in [-0.4, -0.2) is 53.9 Å². The van der Waals surface area contributed by atoms with Crippen LogP contribution < -0.4 is 0 Å². The standard InChI is InChI=1S/C11H17NO3S2/c1-17-11(16)15-9-6-8(7-9)10(13)12-2-4-14-5-3-12/h8-9H,2-7H2,1H3. The summed E-state index contributed by atoms with van der Waals surface area (Å²) in [4.78, 5) is 14.0. The van der Waals surface area contributed by atoms with E-state index in [0.29, 0.717) is 17.6 Å². The van der Waals surface area contributed by atoms with Crippen molar-refractivity contribution in [1.29, 1.82) is 0 Å². The maximum atomic E-state index is 12.1. The van der Waals surface area contributed by atoms with Crippen LogP contribution in [0.1, 0.15) is 12.8 Å². The SMILES string of the molecule is CSC(=S)OC1CC(C(=O)N2CCOCC2)C1. The summed E-state index contributed by atoms with van der Waals surface area (Å²) in [7, 11) is 0. The normalized spacial score (nSPS) is 28.4. The van der Waals surface area contributed by atoms with Crippen LogP contribution >= 0.6 is 24.0 Å². The lowest BCUT2D eigenvalue weighted by Crippen LogP contribution is -2.48. The van der Waals surface area contributed by atoms with Gasteiger partial charge in [-0.1, -0.05) is 11.8 Å². The highest BCUT2D eigenvalue weighted by Crippen LogP contribution is 2.32. The molecule has 17 heavy (non-hydrogen) atoms. The Balaban J connectivity index is 1.71. The van der Waals surface area contributed by atoms with Crippen molar-refractivity contribution < 1.29 is 14.3 Å². The number of amides is 1. The average molecular weight is 275 g/mol. The molecule has 1 amide bonds. The average Bonchev–Trinajstić information content (AvgIpc) is 2.33. The number of thioether (sulfide) groups is 1. The summed E-state index contributed by atoms with van der Waals surface area (Å²) in [6.45, 7) is 2.78. The van der Waals surface area contributed by atoms with E-state index >= 15 is 0 Å². The molecule has 0 aromatic heterocycles. The van der Waals surface area contributed by atoms with Gasteiger partial charge in [0.15, 0.2) is 0 Å². The van der Waals surface area contributed by atoms with Gasteiger partial charge in [0.05, 0.1) is 13.2 Å². The molecule has 2 aliphatic rings. The van der Waals surface area contributed by atoms with Crippen LogP contribution in [0.15, 0.2) is 0 Å². The largest absolute Gasteiger partial charge is 0.475 e. The van der Waals surface area contributed by atoms with Gasteiger partial charge in [-0.2, -0.15) is 0 Å². The summed E-state index contributed by atoms with van der Waals surface area (Å²) >= 11 is 6.43. The molecular weight excluding hydrogens is 258 g/mol. The van der Waals surface area contributed by atoms with E-state index in [2.05, 4.69) is 0 Å². The molecule has 1 saturated heterocycles. The molecule has 0 N–H and O–H groups in total. The highest BCUT2D eigenvalue weighted by Gasteiger charge is 2.38. The van der Waals surface area contributed by atoms with E-state index in [-0.39, 0.29) is 17.9 Å². The summed E-state index contributed by atoms with van der Waals surface area (Å²) in [5.74, 6) is 0.381. The Bertz CT molecular complexity index is 299. The van der Waals surface area contributed by atoms with Crippen molar-refractivity contribution in [3.05, 3.63) is 0 Å². The number of hydrogen-bond acceptors (Lipinski definition) is 5. The predicted molar refractivity (Wildman–Crippen MR) is 71.1 cm³/mol. The van der Waals surface area contributed by atoms with Gasteiger partial charge in [-0.15, -0.1) is 0 Å². The number of morpholine rings is 1. The van der Waals surface area contributed by atoms with Gasteiger partial charge < -0.3 is 14.4 Å². The smallest absolute Gasteiger partial charge is 0.226 e. The van der Waals surface area contributed by atoms with Crippen LogP contribution in [0.3, 0.4) is 0 Å². The second-order valence-electron chi connectivity index (χ2n) is 4.30. The van der Waals surface area contributed by atoms with Crippen LogP contribution in [0.4, 0.5) is 0 Å². The Hall–Kier alpha value is -0.330. The highest BCUT2D eigenvalue weighted by atomic mass is 32.2. The molecule has 0 aromatic carbocycles. The lowest BCUT2D eigenvalue weighted by molar-refractivity contribution is -0.145. The second kappa shape index (κ2) is 6.02. The molecule has 0 radical (unpaired) electrons. The van der Waals surface area contributed by atoms with Gasteiger partial charge in [-0.05, 0) is 31.3 Å². The van der Waals surface area contributed by atoms with E-state index in [9.17, 15) is 4.79 Å². The number of thiocarbonyl (C=S) groups is 1. The van der Waals surface area contributed by atoms with Gasteiger partial charge >= 0.3 is 0 Å². The third-order valence-electron chi connectivity index (χ3n) is 3.20. The maximum Gasteiger partial charge on any atom is 0.226 e. The minimum atomic E-state index is 0.128. The van der Waals surface area contributed by atoms with E-state index in [1.807, 2.05) is 11.2 Å². The van der Waals surface area contributed by atoms with Gasteiger partial charge in [0.1, 0.15) is 6.10 Å². The molecule has 6 heteroatoms. The fourth-order valence-electron chi connectivity index (χ4n) is 2.09. The minimum absolute atomic E-state index is 0.128. The number of rotatable bonds is 2. The van der Waals surface area contributed by atoms with Crippen LogP contribution in [0, 0.1) is 5.92 Å². The van der Waals surface area contributed by atoms with Crippen molar-refractivity contribution in [2.24, 2.45) is 5.92 Å². The molecule has 2 rings (SSSR count). The Kier molecular flexibility index (Phi) is 4.64. The Labute approximate surface area is 111 Å². The summed E-state index contributed by atoms with van der Waals surface area (Å²) < 4.78 is 11.3. The lowest BCUT2D eigenvalue weighted by Gasteiger charge is -2.38. The molecule has 1 saturated carbocycles. The molecule has 0 spiro atoms. The van der Waals surface area contributed by atoms with Gasteiger partial charge in [0.2, 0.25) is 10.3 Å². The molecule has 96 valence electrons. The topological polar surface area (TPSA) is 38.8 Å². The van der Waals surface area contributed by atoms with Gasteiger partial charge in [-0.3, -0.25) is 4.79 Å². The first-order valence-corrected chi connectivity index (χ1v) is 7.45. The van der Waals surface area contributed by atoms with Gasteiger partial charge in [0, 0.05) is 19.0 Å². The van der Waals surface area contributed by atoms with Crippen molar-refractivity contribution in [3.8, 4) is 0 Å². The van der Waals surface area contributed by atoms with Crippen LogP contribution in [0.5, 0.6) is 0 Å². The van der Waals surface area contributed by atoms with Gasteiger partial charge in [0.25, 0.3) is 0 Å². The van der Waals surface area contributed by atoms with E-state index in [1.54, 1.807) is 0 Å². The lowest BCUT2D eigenvalue weighted by atomic mass is 9.81. The summed E-state index contributed by atoms with van der Waals surface area (Å²) in [6.07, 6.45) is 3.65. The van der Waals surface area contributed by atoms with Crippen molar-refractivity contribution in [3.63, 3.8) is 0 Å². The molecule has 0 bridgehead atoms. The Morgan fingerprint density at radius 1 is 1.41 bits per heavy atom. The number of ether oxygens (including phenoxy) is 2. The predicted octanol–water partition coefficient (Wildman–Crippen LogP) is 1.29. The molecular formula is C11H17NO3S2. The number of carbonyl (C=O) groups is 1. The van der Waals surface area contributed by atoms with E-state index in [0.717, 1.165) is 25.9 Å². The van der Waals surface area contributed by atoms with Crippen LogP contribution in [0.25, 0.3) is 0 Å². The third kappa shape index (κ3) is 3.33. The maximum absolute atomic E-state index is 12.1. The molecule has 1 aliphatic carbocycles. The Morgan fingerprint density at radius 3 is 2.65 bits per heavy atom. The van der Waals surface area contributed by atoms with Crippen LogP contribution in [0.2, 0.25) is 0 Å². The number of carbonyl (C=O) groups excluding carboxylic acids is 1. The first-order chi connectivity index (χ1) is 8.20. The zero-order chi connectivity index (χ0) is 12.3. The number of hydrogen-bond donors (Lipinski definition) is 0. The zero-order valence-corrected chi connectivity index (χ0v) is 11.5. The highest BCUT2D eigenvalue weighted by molar-refractivity contribution is 8.22. The fourth-order valence-corrected chi connectivity index (χ4v) is 2.46. The molecule has 0 aromatic rings. The monoisotopic (exact) mass is 275 g/mol. The third-order valence-corrected chi connectivity index (χ3v) is 4.22. The molecule has 1 heterocycles. The molecule has 0 unspecified atom stereocenters. The first-order valence-electron chi connectivity index (χ1n) is 5.82. The van der Waals surface area contributed by atoms with E-state index in [4.69, 9.17) is 21.7 Å². The minimum Gasteiger partial charge on any atom is -0.475 e. The van der Waals surface area contributed by atoms with Crippen LogP contribution in [-0.2, 0) is 14.3 Å². The molecule has 2 fully saturated rings. The second-order valence-corrected chi connectivity index (χ2v) is 5.71. The Morgan fingerprint density at radius 2 is 2.06 bits per heavy atom. The van der Waals surface area contributed by atoms with Crippen molar-refractivity contribution >= 4 is 34.3 Å². The molecule has 0 atom stereocenters. The summed E-state index contributed by atoms with van der Waals surface area (Å²) in [6, 6.07) is 0. The van der Waals surface area contributed by atoms with E-state index in [1.165, 1.54) is 11.8 Å². The number of nitrogens with zero attached hydrogens (tertiary/aromatic N) is 1. The van der Waals surface area contributed by atoms with Crippen molar-refractivity contribution in [2.75, 3.05) is 32.6 Å². The van der Waals surface area contributed by atoms with Crippen molar-refractivity contribution in [2.45, 2.75) is 18.9 Å². The molecule has 4 nitrogen and oxygen atoms in total. The summed E-state index contributed by atoms with van der Waals surface area (Å²) in [5, 5.41) is 0. The molecule has 1 aliphatic heterocycles. The summed E-state index contributed by atoms with van der Waals surface area (Å²) in [5.41, 5.74) is 0. The van der Waals surface area contributed by atoms with Gasteiger partial charge in [-0.25, -0.2) is 0 Å². The first kappa shape index (κ1) is 13.1.